The SMILES string of the molecule is O=C(O)c1ccc(C2CCCCC2)c(C2CCCCC2)c1C(=O)O. The molecule has 1 aromatic rings. The summed E-state index contributed by atoms with van der Waals surface area (Å²) in [5, 5.41) is 19.3. The predicted molar refractivity (Wildman–Crippen MR) is 92.0 cm³/mol. The van der Waals surface area contributed by atoms with Gasteiger partial charge in [-0.05, 0) is 54.7 Å². The number of carboxylic acid groups (broad SMARTS) is 2. The van der Waals surface area contributed by atoms with Crippen LogP contribution in [0.3, 0.4) is 0 Å². The first-order valence-corrected chi connectivity index (χ1v) is 9.23. The zero-order valence-corrected chi connectivity index (χ0v) is 14.1. The highest BCUT2D eigenvalue weighted by atomic mass is 16.4. The maximum absolute atomic E-state index is 12.0. The summed E-state index contributed by atoms with van der Waals surface area (Å²) < 4.78 is 0. The standard InChI is InChI=1S/C20H26O4/c21-19(22)16-12-11-15(13-7-3-1-4-8-13)17(18(16)20(23)24)14-9-5-2-6-10-14/h11-14H,1-10H2,(H,21,22)(H,23,24). The molecule has 0 spiro atoms. The Morgan fingerprint density at radius 2 is 1.29 bits per heavy atom. The molecule has 0 radical (unpaired) electrons. The molecule has 2 aliphatic rings. The molecule has 0 bridgehead atoms. The lowest BCUT2D eigenvalue weighted by Crippen LogP contribution is -2.20. The molecular formula is C20H26O4. The van der Waals surface area contributed by atoms with Crippen molar-refractivity contribution < 1.29 is 19.8 Å². The number of carbonyl (C=O) groups is 2. The molecule has 0 amide bonds. The molecule has 4 nitrogen and oxygen atoms in total. The molecule has 2 N–H and O–H groups in total. The average molecular weight is 330 g/mol. The summed E-state index contributed by atoms with van der Waals surface area (Å²) in [5.74, 6) is -1.65. The van der Waals surface area contributed by atoms with E-state index in [0.717, 1.165) is 49.7 Å². The van der Waals surface area contributed by atoms with Crippen LogP contribution in [0, 0.1) is 0 Å². The van der Waals surface area contributed by atoms with Gasteiger partial charge in [-0.25, -0.2) is 9.59 Å². The Balaban J connectivity index is 2.14. The Hall–Kier alpha value is -1.84. The van der Waals surface area contributed by atoms with Crippen molar-refractivity contribution in [2.24, 2.45) is 0 Å². The van der Waals surface area contributed by atoms with E-state index < -0.39 is 11.9 Å². The van der Waals surface area contributed by atoms with Gasteiger partial charge in [-0.3, -0.25) is 0 Å². The summed E-state index contributed by atoms with van der Waals surface area (Å²) in [4.78, 5) is 23.5. The molecule has 4 heteroatoms. The van der Waals surface area contributed by atoms with Crippen molar-refractivity contribution >= 4 is 11.9 Å². The van der Waals surface area contributed by atoms with E-state index >= 15 is 0 Å². The smallest absolute Gasteiger partial charge is 0.336 e. The minimum absolute atomic E-state index is 0.0531. The van der Waals surface area contributed by atoms with Crippen molar-refractivity contribution in [2.45, 2.75) is 76.0 Å². The zero-order valence-electron chi connectivity index (χ0n) is 14.1. The summed E-state index contributed by atoms with van der Waals surface area (Å²) in [5.41, 5.74) is 1.96. The maximum atomic E-state index is 12.0. The van der Waals surface area contributed by atoms with E-state index in [4.69, 9.17) is 0 Å². The fraction of sp³-hybridized carbons (Fsp3) is 0.600. The summed E-state index contributed by atoms with van der Waals surface area (Å²) in [6.45, 7) is 0. The van der Waals surface area contributed by atoms with Gasteiger partial charge >= 0.3 is 11.9 Å². The Bertz CT molecular complexity index is 623. The number of hydrogen-bond donors (Lipinski definition) is 2. The van der Waals surface area contributed by atoms with Crippen LogP contribution in [0.4, 0.5) is 0 Å². The van der Waals surface area contributed by atoms with E-state index in [1.165, 1.54) is 31.7 Å². The second-order valence-corrected chi connectivity index (χ2v) is 7.27. The van der Waals surface area contributed by atoms with Crippen LogP contribution in [0.1, 0.15) is 108 Å². The molecule has 24 heavy (non-hydrogen) atoms. The largest absolute Gasteiger partial charge is 0.478 e. The van der Waals surface area contributed by atoms with E-state index in [-0.39, 0.29) is 17.0 Å². The normalized spacial score (nSPS) is 20.0. The topological polar surface area (TPSA) is 74.6 Å². The second-order valence-electron chi connectivity index (χ2n) is 7.27. The van der Waals surface area contributed by atoms with Gasteiger partial charge in [-0.2, -0.15) is 0 Å². The van der Waals surface area contributed by atoms with Gasteiger partial charge in [0.1, 0.15) is 0 Å². The van der Waals surface area contributed by atoms with Crippen LogP contribution in [0.5, 0.6) is 0 Å². The molecule has 0 heterocycles. The monoisotopic (exact) mass is 330 g/mol. The molecule has 2 saturated carbocycles. The lowest BCUT2D eigenvalue weighted by Gasteiger charge is -2.31. The van der Waals surface area contributed by atoms with Crippen molar-refractivity contribution in [3.8, 4) is 0 Å². The van der Waals surface area contributed by atoms with Gasteiger partial charge in [-0.15, -0.1) is 0 Å². The molecule has 0 aliphatic heterocycles. The van der Waals surface area contributed by atoms with Gasteiger partial charge in [0, 0.05) is 0 Å². The fourth-order valence-electron chi connectivity index (χ4n) is 4.64. The highest BCUT2D eigenvalue weighted by Gasteiger charge is 2.31. The van der Waals surface area contributed by atoms with Gasteiger partial charge in [0.25, 0.3) is 0 Å². The first-order valence-electron chi connectivity index (χ1n) is 9.23. The Morgan fingerprint density at radius 3 is 1.79 bits per heavy atom. The molecular weight excluding hydrogens is 304 g/mol. The fourth-order valence-corrected chi connectivity index (χ4v) is 4.64. The minimum atomic E-state index is -1.14. The minimum Gasteiger partial charge on any atom is -0.478 e. The molecule has 2 aliphatic carbocycles. The highest BCUT2D eigenvalue weighted by Crippen LogP contribution is 2.43. The van der Waals surface area contributed by atoms with Crippen molar-refractivity contribution in [1.29, 1.82) is 0 Å². The van der Waals surface area contributed by atoms with E-state index in [0.29, 0.717) is 5.92 Å². The molecule has 0 atom stereocenters. The lowest BCUT2D eigenvalue weighted by atomic mass is 9.73. The number of benzene rings is 1. The van der Waals surface area contributed by atoms with Gasteiger partial charge in [-0.1, -0.05) is 44.6 Å². The first kappa shape index (κ1) is 17.0. The van der Waals surface area contributed by atoms with E-state index in [1.807, 2.05) is 6.07 Å². The van der Waals surface area contributed by atoms with E-state index in [1.54, 1.807) is 0 Å². The molecule has 0 saturated heterocycles. The summed E-state index contributed by atoms with van der Waals surface area (Å²) >= 11 is 0. The quantitative estimate of drug-likeness (QED) is 0.798. The van der Waals surface area contributed by atoms with Crippen LogP contribution in [0.25, 0.3) is 0 Å². The highest BCUT2D eigenvalue weighted by molar-refractivity contribution is 6.03. The van der Waals surface area contributed by atoms with Gasteiger partial charge in [0.15, 0.2) is 0 Å². The average Bonchev–Trinajstić information content (AvgIpc) is 2.61. The van der Waals surface area contributed by atoms with Crippen molar-refractivity contribution in [3.63, 3.8) is 0 Å². The second kappa shape index (κ2) is 7.37. The molecule has 1 aromatic carbocycles. The zero-order chi connectivity index (χ0) is 17.1. The molecule has 0 unspecified atom stereocenters. The molecule has 0 aromatic heterocycles. The first-order chi connectivity index (χ1) is 11.6. The third-order valence-electron chi connectivity index (χ3n) is 5.78. The van der Waals surface area contributed by atoms with E-state index in [2.05, 4.69) is 0 Å². The van der Waals surface area contributed by atoms with E-state index in [9.17, 15) is 19.8 Å². The summed E-state index contributed by atoms with van der Waals surface area (Å²) in [6, 6.07) is 3.43. The predicted octanol–water partition coefficient (Wildman–Crippen LogP) is 5.18. The van der Waals surface area contributed by atoms with Crippen molar-refractivity contribution in [1.82, 2.24) is 0 Å². The number of carboxylic acids is 2. The Morgan fingerprint density at radius 1 is 0.750 bits per heavy atom. The lowest BCUT2D eigenvalue weighted by molar-refractivity contribution is 0.0649. The van der Waals surface area contributed by atoms with Crippen molar-refractivity contribution in [2.75, 3.05) is 0 Å². The third-order valence-corrected chi connectivity index (χ3v) is 5.78. The van der Waals surface area contributed by atoms with Crippen LogP contribution in [0.2, 0.25) is 0 Å². The Labute approximate surface area is 142 Å². The van der Waals surface area contributed by atoms with Crippen LogP contribution < -0.4 is 0 Å². The van der Waals surface area contributed by atoms with Crippen LogP contribution in [-0.2, 0) is 0 Å². The third kappa shape index (κ3) is 3.33. The van der Waals surface area contributed by atoms with Gasteiger partial charge in [0.2, 0.25) is 0 Å². The molecule has 2 fully saturated rings. The van der Waals surface area contributed by atoms with Crippen molar-refractivity contribution in [3.05, 3.63) is 34.4 Å². The van der Waals surface area contributed by atoms with Crippen LogP contribution in [0.15, 0.2) is 12.1 Å². The Kier molecular flexibility index (Phi) is 5.22. The number of hydrogen-bond acceptors (Lipinski definition) is 2. The summed E-state index contributed by atoms with van der Waals surface area (Å²) in [6.07, 6.45) is 11.1. The summed E-state index contributed by atoms with van der Waals surface area (Å²) in [7, 11) is 0. The van der Waals surface area contributed by atoms with Gasteiger partial charge in [0.05, 0.1) is 11.1 Å². The van der Waals surface area contributed by atoms with Crippen LogP contribution in [-0.4, -0.2) is 22.2 Å². The van der Waals surface area contributed by atoms with Gasteiger partial charge < -0.3 is 10.2 Å². The maximum Gasteiger partial charge on any atom is 0.336 e. The number of aromatic carboxylic acids is 2. The number of rotatable bonds is 4. The molecule has 3 rings (SSSR count). The molecule has 130 valence electrons. The van der Waals surface area contributed by atoms with Crippen LogP contribution >= 0.6 is 0 Å².